The summed E-state index contributed by atoms with van der Waals surface area (Å²) in [4.78, 5) is 36.3. The summed E-state index contributed by atoms with van der Waals surface area (Å²) in [6, 6.07) is 29.1. The third-order valence-electron chi connectivity index (χ3n) is 5.22. The second-order valence-corrected chi connectivity index (χ2v) is 9.39. The monoisotopic (exact) mass is 513 g/mol. The van der Waals surface area contributed by atoms with Crippen molar-refractivity contribution in [2.45, 2.75) is 17.1 Å². The summed E-state index contributed by atoms with van der Waals surface area (Å²) in [7, 11) is 0. The maximum Gasteiger partial charge on any atom is 0.269 e. The Labute approximate surface area is 217 Å². The third kappa shape index (κ3) is 7.18. The Morgan fingerprint density at radius 2 is 1.49 bits per heavy atom. The number of non-ortho nitro benzene ring substituents is 1. The minimum atomic E-state index is -0.519. The zero-order valence-electron chi connectivity index (χ0n) is 19.8. The normalized spacial score (nSPS) is 11.3. The van der Waals surface area contributed by atoms with Crippen LogP contribution in [-0.4, -0.2) is 22.0 Å². The number of hydrogen-bond acceptors (Lipinski definition) is 6. The van der Waals surface area contributed by atoms with E-state index in [2.05, 4.69) is 10.6 Å². The van der Waals surface area contributed by atoms with Gasteiger partial charge in [0.25, 0.3) is 11.6 Å². The van der Waals surface area contributed by atoms with E-state index in [1.807, 2.05) is 36.4 Å². The second-order valence-electron chi connectivity index (χ2n) is 7.97. The molecule has 0 saturated carbocycles. The Kier molecular flexibility index (Phi) is 8.17. The molecule has 37 heavy (non-hydrogen) atoms. The van der Waals surface area contributed by atoms with E-state index in [9.17, 15) is 19.7 Å². The van der Waals surface area contributed by atoms with Crippen LogP contribution in [0.4, 0.5) is 17.1 Å². The summed E-state index contributed by atoms with van der Waals surface area (Å²) >= 11 is 1.36. The van der Waals surface area contributed by atoms with Gasteiger partial charge >= 0.3 is 0 Å². The van der Waals surface area contributed by atoms with Gasteiger partial charge in [0.1, 0.15) is 11.5 Å². The van der Waals surface area contributed by atoms with Crippen LogP contribution in [0.2, 0.25) is 0 Å². The van der Waals surface area contributed by atoms with Crippen LogP contribution in [0.5, 0.6) is 11.5 Å². The predicted octanol–water partition coefficient (Wildman–Crippen LogP) is 6.76. The Balaban J connectivity index is 1.31. The van der Waals surface area contributed by atoms with Crippen LogP contribution in [-0.2, 0) is 4.79 Å². The van der Waals surface area contributed by atoms with Gasteiger partial charge in [0, 0.05) is 34.0 Å². The molecule has 0 aliphatic heterocycles. The maximum absolute atomic E-state index is 12.7. The molecule has 0 spiro atoms. The number of anilines is 2. The van der Waals surface area contributed by atoms with E-state index in [4.69, 9.17) is 4.74 Å². The number of rotatable bonds is 9. The second kappa shape index (κ2) is 11.9. The molecule has 0 saturated heterocycles. The lowest BCUT2D eigenvalue weighted by Gasteiger charge is -2.13. The van der Waals surface area contributed by atoms with Gasteiger partial charge in [-0.25, -0.2) is 0 Å². The molecule has 0 aliphatic rings. The number of ether oxygens (including phenoxy) is 1. The number of hydrogen-bond donors (Lipinski definition) is 2. The molecule has 4 aromatic rings. The van der Waals surface area contributed by atoms with Crippen molar-refractivity contribution in [3.05, 3.63) is 119 Å². The standard InChI is InChI=1S/C28H23N3O5S/c1-19(27(32)29-21-12-16-25(17-13-21)36-24-7-3-2-4-8-24)37-26-9-5-6-22(18-26)30-28(33)20-10-14-23(15-11-20)31(34)35/h2-19H,1H3,(H,29,32)(H,30,33). The third-order valence-corrected chi connectivity index (χ3v) is 6.31. The lowest BCUT2D eigenvalue weighted by atomic mass is 10.2. The number of nitro benzene ring substituents is 1. The fourth-order valence-electron chi connectivity index (χ4n) is 3.32. The van der Waals surface area contributed by atoms with Gasteiger partial charge in [-0.1, -0.05) is 24.3 Å². The lowest BCUT2D eigenvalue weighted by Crippen LogP contribution is -2.22. The molecule has 2 amide bonds. The quantitative estimate of drug-likeness (QED) is 0.145. The van der Waals surface area contributed by atoms with E-state index in [1.165, 1.54) is 36.0 Å². The van der Waals surface area contributed by atoms with Gasteiger partial charge in [-0.3, -0.25) is 19.7 Å². The first-order valence-electron chi connectivity index (χ1n) is 11.3. The summed E-state index contributed by atoms with van der Waals surface area (Å²) in [6.07, 6.45) is 0. The summed E-state index contributed by atoms with van der Waals surface area (Å²) in [5.74, 6) is 0.847. The van der Waals surface area contributed by atoms with Crippen molar-refractivity contribution < 1.29 is 19.2 Å². The molecule has 9 heteroatoms. The molecule has 2 N–H and O–H groups in total. The molecule has 186 valence electrons. The number of thioether (sulfide) groups is 1. The smallest absolute Gasteiger partial charge is 0.269 e. The Morgan fingerprint density at radius 3 is 2.16 bits per heavy atom. The number of carbonyl (C=O) groups excluding carboxylic acids is 2. The minimum absolute atomic E-state index is 0.0846. The predicted molar refractivity (Wildman–Crippen MR) is 144 cm³/mol. The maximum atomic E-state index is 12.7. The van der Waals surface area contributed by atoms with Crippen molar-refractivity contribution in [1.82, 2.24) is 0 Å². The first-order valence-corrected chi connectivity index (χ1v) is 12.2. The molecule has 0 aromatic heterocycles. The van der Waals surface area contributed by atoms with E-state index in [0.29, 0.717) is 22.7 Å². The van der Waals surface area contributed by atoms with E-state index in [-0.39, 0.29) is 17.5 Å². The summed E-state index contributed by atoms with van der Waals surface area (Å²) in [5, 5.41) is 16.1. The molecule has 1 atom stereocenters. The van der Waals surface area contributed by atoms with E-state index in [1.54, 1.807) is 49.4 Å². The average Bonchev–Trinajstić information content (AvgIpc) is 2.90. The highest BCUT2D eigenvalue weighted by molar-refractivity contribution is 8.00. The molecular formula is C28H23N3O5S. The summed E-state index contributed by atoms with van der Waals surface area (Å²) in [6.45, 7) is 1.80. The largest absolute Gasteiger partial charge is 0.457 e. The highest BCUT2D eigenvalue weighted by atomic mass is 32.2. The molecule has 0 radical (unpaired) electrons. The molecule has 1 unspecified atom stereocenters. The Bertz CT molecular complexity index is 1390. The summed E-state index contributed by atoms with van der Waals surface area (Å²) in [5.41, 5.74) is 1.42. The minimum Gasteiger partial charge on any atom is -0.457 e. The molecule has 8 nitrogen and oxygen atoms in total. The molecule has 4 rings (SSSR count). The number of para-hydroxylation sites is 1. The van der Waals surface area contributed by atoms with Crippen molar-refractivity contribution in [2.24, 2.45) is 0 Å². The van der Waals surface area contributed by atoms with Gasteiger partial charge in [-0.2, -0.15) is 0 Å². The van der Waals surface area contributed by atoms with Crippen LogP contribution in [0.25, 0.3) is 0 Å². The van der Waals surface area contributed by atoms with Gasteiger partial charge in [0.05, 0.1) is 10.2 Å². The molecular weight excluding hydrogens is 490 g/mol. The topological polar surface area (TPSA) is 111 Å². The van der Waals surface area contributed by atoms with E-state index < -0.39 is 10.2 Å². The average molecular weight is 514 g/mol. The van der Waals surface area contributed by atoms with E-state index >= 15 is 0 Å². The lowest BCUT2D eigenvalue weighted by molar-refractivity contribution is -0.384. The van der Waals surface area contributed by atoms with Crippen LogP contribution in [0.15, 0.2) is 108 Å². The fourth-order valence-corrected chi connectivity index (χ4v) is 4.24. The number of benzene rings is 4. The first-order chi connectivity index (χ1) is 17.9. The van der Waals surface area contributed by atoms with Crippen LogP contribution in [0, 0.1) is 10.1 Å². The van der Waals surface area contributed by atoms with E-state index in [0.717, 1.165) is 10.6 Å². The van der Waals surface area contributed by atoms with Crippen molar-refractivity contribution in [3.8, 4) is 11.5 Å². The highest BCUT2D eigenvalue weighted by Gasteiger charge is 2.16. The van der Waals surface area contributed by atoms with Crippen molar-refractivity contribution >= 4 is 40.6 Å². The molecule has 4 aromatic carbocycles. The first kappa shape index (κ1) is 25.5. The highest BCUT2D eigenvalue weighted by Crippen LogP contribution is 2.28. The van der Waals surface area contributed by atoms with Gasteiger partial charge in [-0.05, 0) is 73.7 Å². The number of nitro groups is 1. The molecule has 0 aliphatic carbocycles. The van der Waals surface area contributed by atoms with Gasteiger partial charge in [-0.15, -0.1) is 11.8 Å². The van der Waals surface area contributed by atoms with Crippen LogP contribution >= 0.6 is 11.8 Å². The molecule has 0 bridgehead atoms. The van der Waals surface area contributed by atoms with Crippen LogP contribution in [0.3, 0.4) is 0 Å². The van der Waals surface area contributed by atoms with Gasteiger partial charge in [0.15, 0.2) is 0 Å². The van der Waals surface area contributed by atoms with Crippen molar-refractivity contribution in [1.29, 1.82) is 0 Å². The van der Waals surface area contributed by atoms with Gasteiger partial charge < -0.3 is 15.4 Å². The fraction of sp³-hybridized carbons (Fsp3) is 0.0714. The van der Waals surface area contributed by atoms with Crippen molar-refractivity contribution in [2.75, 3.05) is 10.6 Å². The van der Waals surface area contributed by atoms with Crippen molar-refractivity contribution in [3.63, 3.8) is 0 Å². The van der Waals surface area contributed by atoms with Gasteiger partial charge in [0.2, 0.25) is 5.91 Å². The summed E-state index contributed by atoms with van der Waals surface area (Å²) < 4.78 is 5.77. The van der Waals surface area contributed by atoms with Crippen LogP contribution < -0.4 is 15.4 Å². The number of carbonyl (C=O) groups is 2. The van der Waals surface area contributed by atoms with Crippen LogP contribution in [0.1, 0.15) is 17.3 Å². The zero-order valence-corrected chi connectivity index (χ0v) is 20.6. The molecule has 0 heterocycles. The zero-order chi connectivity index (χ0) is 26.2. The SMILES string of the molecule is CC(Sc1cccc(NC(=O)c2ccc([N+](=O)[O-])cc2)c1)C(=O)Nc1ccc(Oc2ccccc2)cc1. The number of nitrogens with zero attached hydrogens (tertiary/aromatic N) is 1. The number of amides is 2. The molecule has 0 fully saturated rings. The number of nitrogens with one attached hydrogen (secondary N) is 2. The Hall–Kier alpha value is -4.63. The Morgan fingerprint density at radius 1 is 0.811 bits per heavy atom.